The molecule has 7 nitrogen and oxygen atoms in total. The van der Waals surface area contributed by atoms with Crippen LogP contribution in [0.2, 0.25) is 0 Å². The van der Waals surface area contributed by atoms with E-state index < -0.39 is 29.2 Å². The summed E-state index contributed by atoms with van der Waals surface area (Å²) in [6, 6.07) is 7.45. The molecule has 2 heterocycles. The summed E-state index contributed by atoms with van der Waals surface area (Å²) >= 11 is 1.02. The van der Waals surface area contributed by atoms with E-state index in [9.17, 15) is 14.0 Å². The lowest BCUT2D eigenvalue weighted by atomic mass is 10.0. The molecule has 9 heteroatoms. The number of furan rings is 1. The predicted octanol–water partition coefficient (Wildman–Crippen LogP) is 3.96. The minimum Gasteiger partial charge on any atom is -0.467 e. The van der Waals surface area contributed by atoms with Crippen LogP contribution in [-0.2, 0) is 4.79 Å². The molecule has 1 aromatic carbocycles. The molecule has 2 aromatic heterocycles. The van der Waals surface area contributed by atoms with E-state index >= 15 is 0 Å². The molecule has 0 aliphatic rings. The first-order valence-electron chi connectivity index (χ1n) is 9.04. The van der Waals surface area contributed by atoms with Crippen molar-refractivity contribution in [2.45, 2.75) is 38.8 Å². The molecular weight excluding hydrogens is 395 g/mol. The fourth-order valence-corrected chi connectivity index (χ4v) is 3.11. The average molecular weight is 416 g/mol. The van der Waals surface area contributed by atoms with Crippen molar-refractivity contribution in [3.05, 3.63) is 65.3 Å². The van der Waals surface area contributed by atoms with Crippen molar-refractivity contribution >= 4 is 29.0 Å². The Kier molecular flexibility index (Phi) is 6.07. The Labute approximate surface area is 171 Å². The molecule has 3 aromatic rings. The van der Waals surface area contributed by atoms with Gasteiger partial charge in [-0.2, -0.15) is 0 Å². The van der Waals surface area contributed by atoms with Crippen molar-refractivity contribution < 1.29 is 18.4 Å². The second-order valence-corrected chi connectivity index (χ2v) is 7.70. The number of anilines is 1. The maximum Gasteiger partial charge on any atom is 0.280 e. The first kappa shape index (κ1) is 20.7. The third kappa shape index (κ3) is 4.68. The molecule has 0 saturated carbocycles. The van der Waals surface area contributed by atoms with Crippen molar-refractivity contribution in [1.29, 1.82) is 0 Å². The lowest BCUT2D eigenvalue weighted by Crippen LogP contribution is -2.50. The fourth-order valence-electron chi connectivity index (χ4n) is 2.68. The minimum atomic E-state index is -1.12. The smallest absolute Gasteiger partial charge is 0.280 e. The summed E-state index contributed by atoms with van der Waals surface area (Å²) in [6.07, 6.45) is 2.11. The summed E-state index contributed by atoms with van der Waals surface area (Å²) < 4.78 is 22.7. The highest BCUT2D eigenvalue weighted by atomic mass is 32.1. The molecule has 0 radical (unpaired) electrons. The van der Waals surface area contributed by atoms with Gasteiger partial charge in [-0.3, -0.25) is 14.5 Å². The Morgan fingerprint density at radius 1 is 1.28 bits per heavy atom. The van der Waals surface area contributed by atoms with Crippen LogP contribution in [0, 0.1) is 5.82 Å². The van der Waals surface area contributed by atoms with Crippen LogP contribution in [0.25, 0.3) is 0 Å². The lowest BCUT2D eigenvalue weighted by Gasteiger charge is -2.33. The summed E-state index contributed by atoms with van der Waals surface area (Å²) in [6.45, 7) is 5.73. The third-order valence-electron chi connectivity index (χ3n) is 4.57. The number of halogens is 1. The molecule has 0 bridgehead atoms. The zero-order valence-corrected chi connectivity index (χ0v) is 17.1. The third-order valence-corrected chi connectivity index (χ3v) is 5.07. The van der Waals surface area contributed by atoms with Crippen LogP contribution in [0.1, 0.15) is 49.5 Å². The topological polar surface area (TPSA) is 88.3 Å². The number of aromatic nitrogens is 2. The molecule has 0 fully saturated rings. The van der Waals surface area contributed by atoms with Crippen molar-refractivity contribution in [3.8, 4) is 0 Å². The van der Waals surface area contributed by atoms with Gasteiger partial charge in [-0.1, -0.05) is 11.4 Å². The molecule has 0 aliphatic carbocycles. The monoisotopic (exact) mass is 416 g/mol. The minimum absolute atomic E-state index is 0.0819. The van der Waals surface area contributed by atoms with Gasteiger partial charge in [0.1, 0.15) is 11.6 Å². The Hall–Kier alpha value is -3.07. The zero-order chi connectivity index (χ0) is 21.0. The van der Waals surface area contributed by atoms with Crippen LogP contribution in [0.5, 0.6) is 0 Å². The van der Waals surface area contributed by atoms with E-state index in [1.54, 1.807) is 12.1 Å². The van der Waals surface area contributed by atoms with Crippen molar-refractivity contribution in [2.24, 2.45) is 0 Å². The van der Waals surface area contributed by atoms with Crippen molar-refractivity contribution in [3.63, 3.8) is 0 Å². The van der Waals surface area contributed by atoms with Crippen molar-refractivity contribution in [1.82, 2.24) is 14.9 Å². The number of nitrogens with one attached hydrogen (secondary N) is 1. The summed E-state index contributed by atoms with van der Waals surface area (Å²) in [5.41, 5.74) is -0.0876. The number of hydrogen-bond acceptors (Lipinski definition) is 6. The predicted molar refractivity (Wildman–Crippen MR) is 107 cm³/mol. The number of nitrogens with zero attached hydrogens (tertiary/aromatic N) is 3. The van der Waals surface area contributed by atoms with E-state index in [1.807, 2.05) is 20.8 Å². The van der Waals surface area contributed by atoms with Crippen molar-refractivity contribution in [2.75, 3.05) is 4.90 Å². The molecule has 0 spiro atoms. The van der Waals surface area contributed by atoms with Gasteiger partial charge in [0.2, 0.25) is 0 Å². The van der Waals surface area contributed by atoms with E-state index in [0.29, 0.717) is 12.1 Å². The normalized spacial score (nSPS) is 12.4. The molecule has 0 saturated heterocycles. The molecular formula is C20H21FN4O3S. The van der Waals surface area contributed by atoms with Gasteiger partial charge < -0.3 is 9.73 Å². The van der Waals surface area contributed by atoms with Gasteiger partial charge in [0.25, 0.3) is 11.8 Å². The first-order chi connectivity index (χ1) is 13.8. The van der Waals surface area contributed by atoms with Gasteiger partial charge in [0.15, 0.2) is 11.7 Å². The van der Waals surface area contributed by atoms with E-state index in [4.69, 9.17) is 4.42 Å². The van der Waals surface area contributed by atoms with Gasteiger partial charge in [-0.15, -0.1) is 5.10 Å². The Balaban J connectivity index is 2.10. The summed E-state index contributed by atoms with van der Waals surface area (Å²) in [4.78, 5) is 27.8. The van der Waals surface area contributed by atoms with E-state index in [0.717, 1.165) is 11.5 Å². The molecule has 0 aliphatic heterocycles. The summed E-state index contributed by atoms with van der Waals surface area (Å²) in [5.74, 6) is -1.15. The van der Waals surface area contributed by atoms with Crippen LogP contribution in [0.4, 0.5) is 10.1 Å². The number of carbonyl (C=O) groups is 2. The molecule has 152 valence electrons. The summed E-state index contributed by atoms with van der Waals surface area (Å²) in [5, 5.41) is 8.28. The standard InChI is InChI=1S/C20H21FN4O3S/c1-4-20(2,3)22-18(26)17(16-6-5-11-28-16)25(14-9-7-13(21)8-10-14)19(27)15-12-29-24-23-15/h5-12,17H,4H2,1-3H3,(H,22,26)/t17-/m1/s1. The number of hydrogen-bond donors (Lipinski definition) is 1. The van der Waals surface area contributed by atoms with Gasteiger partial charge in [0.05, 0.1) is 6.26 Å². The second kappa shape index (κ2) is 8.52. The number of carbonyl (C=O) groups excluding carboxylic acids is 2. The maximum atomic E-state index is 13.5. The Morgan fingerprint density at radius 2 is 2.00 bits per heavy atom. The molecule has 29 heavy (non-hydrogen) atoms. The van der Waals surface area contributed by atoms with Gasteiger partial charge in [0, 0.05) is 16.6 Å². The molecule has 1 atom stereocenters. The highest BCUT2D eigenvalue weighted by Gasteiger charge is 2.37. The Bertz CT molecular complexity index is 956. The van der Waals surface area contributed by atoms with Crippen LogP contribution < -0.4 is 10.2 Å². The molecule has 2 amide bonds. The van der Waals surface area contributed by atoms with E-state index in [2.05, 4.69) is 14.9 Å². The van der Waals surface area contributed by atoms with Crippen LogP contribution >= 0.6 is 11.5 Å². The number of benzene rings is 1. The highest BCUT2D eigenvalue weighted by molar-refractivity contribution is 7.03. The highest BCUT2D eigenvalue weighted by Crippen LogP contribution is 2.31. The quantitative estimate of drug-likeness (QED) is 0.630. The SMILES string of the molecule is CCC(C)(C)NC(=O)[C@@H](c1ccco1)N(C(=O)c1csnn1)c1ccc(F)cc1. The Morgan fingerprint density at radius 3 is 2.55 bits per heavy atom. The van der Waals surface area contributed by atoms with E-state index in [1.165, 1.54) is 40.8 Å². The van der Waals surface area contributed by atoms with Crippen LogP contribution in [0.3, 0.4) is 0 Å². The van der Waals surface area contributed by atoms with Gasteiger partial charge in [-0.25, -0.2) is 4.39 Å². The fraction of sp³-hybridized carbons (Fsp3) is 0.300. The largest absolute Gasteiger partial charge is 0.467 e. The second-order valence-electron chi connectivity index (χ2n) is 7.09. The van der Waals surface area contributed by atoms with Crippen LogP contribution in [0.15, 0.2) is 52.5 Å². The summed E-state index contributed by atoms with van der Waals surface area (Å²) in [7, 11) is 0. The number of amides is 2. The van der Waals surface area contributed by atoms with Gasteiger partial charge >= 0.3 is 0 Å². The average Bonchev–Trinajstić information content (AvgIpc) is 3.40. The van der Waals surface area contributed by atoms with Gasteiger partial charge in [-0.05, 0) is 68.2 Å². The zero-order valence-electron chi connectivity index (χ0n) is 16.3. The molecule has 0 unspecified atom stereocenters. The lowest BCUT2D eigenvalue weighted by molar-refractivity contribution is -0.124. The maximum absolute atomic E-state index is 13.5. The van der Waals surface area contributed by atoms with Crippen LogP contribution in [-0.4, -0.2) is 26.9 Å². The van der Waals surface area contributed by atoms with E-state index in [-0.39, 0.29) is 11.5 Å². The molecule has 1 N–H and O–H groups in total. The first-order valence-corrected chi connectivity index (χ1v) is 9.87. The molecule has 3 rings (SSSR count). The number of rotatable bonds is 7.